The molecule has 0 spiro atoms. The molecule has 1 aromatic heterocycles. The van der Waals surface area contributed by atoms with E-state index in [1.807, 2.05) is 16.9 Å². The number of aromatic nitrogens is 2. The number of piperidine rings is 1. The molecule has 1 fully saturated rings. The van der Waals surface area contributed by atoms with E-state index in [4.69, 9.17) is 0 Å². The molecule has 1 saturated heterocycles. The molecule has 5 nitrogen and oxygen atoms in total. The van der Waals surface area contributed by atoms with Gasteiger partial charge in [-0.15, -0.1) is 0 Å². The molecule has 0 atom stereocenters. The fraction of sp³-hybridized carbons (Fsp3) is 0.273. The molecule has 0 unspecified atom stereocenters. The zero-order valence-electron chi connectivity index (χ0n) is 15.6. The number of likely N-dealkylation sites (tertiary alicyclic amines) is 1. The molecule has 1 amide bonds. The van der Waals surface area contributed by atoms with Crippen LogP contribution in [-0.2, 0) is 6.54 Å². The van der Waals surface area contributed by atoms with Gasteiger partial charge in [0.15, 0.2) is 0 Å². The number of amides is 1. The summed E-state index contributed by atoms with van der Waals surface area (Å²) in [5.41, 5.74) is 2.82. The average Bonchev–Trinajstić information content (AvgIpc) is 3.25. The normalized spacial score (nSPS) is 15.5. The minimum Gasteiger partial charge on any atom is -0.349 e. The molecule has 0 saturated carbocycles. The molecule has 6 heteroatoms. The van der Waals surface area contributed by atoms with Crippen LogP contribution < -0.4 is 5.32 Å². The Bertz CT molecular complexity index is 899. The Hall–Kier alpha value is -2.99. The first-order chi connectivity index (χ1) is 13.7. The van der Waals surface area contributed by atoms with E-state index in [2.05, 4.69) is 39.6 Å². The molecular formula is C22H23FN4O. The SMILES string of the molecule is O=C(NC1CCN(Cc2ccc(-n3cccn3)cc2)CC1)c1ccc(F)cc1. The van der Waals surface area contributed by atoms with E-state index in [0.717, 1.165) is 38.2 Å². The molecule has 2 heterocycles. The van der Waals surface area contributed by atoms with Crippen LogP contribution in [0, 0.1) is 5.82 Å². The Labute approximate surface area is 163 Å². The number of hydrogen-bond acceptors (Lipinski definition) is 3. The van der Waals surface area contributed by atoms with Gasteiger partial charge in [-0.2, -0.15) is 5.10 Å². The number of halogens is 1. The van der Waals surface area contributed by atoms with Gasteiger partial charge < -0.3 is 5.32 Å². The van der Waals surface area contributed by atoms with E-state index < -0.39 is 0 Å². The largest absolute Gasteiger partial charge is 0.349 e. The lowest BCUT2D eigenvalue weighted by Gasteiger charge is -2.32. The van der Waals surface area contributed by atoms with Crippen LogP contribution >= 0.6 is 0 Å². The third-order valence-corrected chi connectivity index (χ3v) is 5.14. The fourth-order valence-corrected chi connectivity index (χ4v) is 3.54. The van der Waals surface area contributed by atoms with Crippen LogP contribution in [0.25, 0.3) is 5.69 Å². The number of rotatable bonds is 5. The molecule has 0 aliphatic carbocycles. The van der Waals surface area contributed by atoms with Crippen molar-refractivity contribution in [3.63, 3.8) is 0 Å². The number of nitrogens with one attached hydrogen (secondary N) is 1. The van der Waals surface area contributed by atoms with Crippen molar-refractivity contribution in [2.24, 2.45) is 0 Å². The Morgan fingerprint density at radius 2 is 1.79 bits per heavy atom. The Kier molecular flexibility index (Phi) is 5.48. The minimum absolute atomic E-state index is 0.132. The zero-order valence-corrected chi connectivity index (χ0v) is 15.6. The summed E-state index contributed by atoms with van der Waals surface area (Å²) >= 11 is 0. The molecule has 0 bridgehead atoms. The van der Waals surface area contributed by atoms with E-state index in [9.17, 15) is 9.18 Å². The number of benzene rings is 2. The van der Waals surface area contributed by atoms with Crippen LogP contribution in [0.1, 0.15) is 28.8 Å². The van der Waals surface area contributed by atoms with Gasteiger partial charge in [-0.3, -0.25) is 9.69 Å². The predicted molar refractivity (Wildman–Crippen MR) is 106 cm³/mol. The first-order valence-corrected chi connectivity index (χ1v) is 9.55. The highest BCUT2D eigenvalue weighted by Crippen LogP contribution is 2.16. The summed E-state index contributed by atoms with van der Waals surface area (Å²) in [6.07, 6.45) is 5.53. The first kappa shape index (κ1) is 18.4. The highest BCUT2D eigenvalue weighted by atomic mass is 19.1. The number of nitrogens with zero attached hydrogens (tertiary/aromatic N) is 3. The highest BCUT2D eigenvalue weighted by molar-refractivity contribution is 5.94. The zero-order chi connectivity index (χ0) is 19.3. The van der Waals surface area contributed by atoms with Crippen molar-refractivity contribution in [1.29, 1.82) is 0 Å². The quantitative estimate of drug-likeness (QED) is 0.740. The molecule has 28 heavy (non-hydrogen) atoms. The first-order valence-electron chi connectivity index (χ1n) is 9.55. The van der Waals surface area contributed by atoms with Gasteiger partial charge in [-0.05, 0) is 60.9 Å². The second-order valence-electron chi connectivity index (χ2n) is 7.15. The Morgan fingerprint density at radius 3 is 2.43 bits per heavy atom. The summed E-state index contributed by atoms with van der Waals surface area (Å²) in [6.45, 7) is 2.78. The molecule has 0 radical (unpaired) electrons. The monoisotopic (exact) mass is 378 g/mol. The van der Waals surface area contributed by atoms with E-state index in [1.54, 1.807) is 6.20 Å². The molecule has 1 aliphatic rings. The van der Waals surface area contributed by atoms with Crippen molar-refractivity contribution >= 4 is 5.91 Å². The van der Waals surface area contributed by atoms with Crippen LogP contribution in [0.15, 0.2) is 67.0 Å². The van der Waals surface area contributed by atoms with Gasteiger partial charge in [0.2, 0.25) is 0 Å². The molecule has 1 N–H and O–H groups in total. The molecular weight excluding hydrogens is 355 g/mol. The van der Waals surface area contributed by atoms with E-state index >= 15 is 0 Å². The van der Waals surface area contributed by atoms with Gasteiger partial charge in [0, 0.05) is 43.6 Å². The molecule has 1 aliphatic heterocycles. The maximum atomic E-state index is 13.0. The van der Waals surface area contributed by atoms with Gasteiger partial charge >= 0.3 is 0 Å². The van der Waals surface area contributed by atoms with Crippen molar-refractivity contribution in [2.75, 3.05) is 13.1 Å². The Balaban J connectivity index is 1.26. The van der Waals surface area contributed by atoms with Crippen LogP contribution in [0.5, 0.6) is 0 Å². The van der Waals surface area contributed by atoms with Gasteiger partial charge in [-0.25, -0.2) is 9.07 Å². The van der Waals surface area contributed by atoms with Crippen LogP contribution in [0.3, 0.4) is 0 Å². The third kappa shape index (κ3) is 4.46. The summed E-state index contributed by atoms with van der Waals surface area (Å²) in [5.74, 6) is -0.463. The maximum Gasteiger partial charge on any atom is 0.251 e. The minimum atomic E-state index is -0.331. The summed E-state index contributed by atoms with van der Waals surface area (Å²) in [6, 6.07) is 16.2. The summed E-state index contributed by atoms with van der Waals surface area (Å²) in [5, 5.41) is 7.31. The van der Waals surface area contributed by atoms with Gasteiger partial charge in [0.05, 0.1) is 5.69 Å². The third-order valence-electron chi connectivity index (χ3n) is 5.14. The smallest absolute Gasteiger partial charge is 0.251 e. The highest BCUT2D eigenvalue weighted by Gasteiger charge is 2.21. The molecule has 4 rings (SSSR count). The van der Waals surface area contributed by atoms with E-state index in [-0.39, 0.29) is 17.8 Å². The molecule has 2 aromatic carbocycles. The van der Waals surface area contributed by atoms with Crippen molar-refractivity contribution in [3.8, 4) is 5.69 Å². The molecule has 144 valence electrons. The average molecular weight is 378 g/mol. The van der Waals surface area contributed by atoms with E-state index in [0.29, 0.717) is 5.56 Å². The second-order valence-corrected chi connectivity index (χ2v) is 7.15. The van der Waals surface area contributed by atoms with Crippen LogP contribution in [0.2, 0.25) is 0 Å². The number of carbonyl (C=O) groups is 1. The van der Waals surface area contributed by atoms with Crippen LogP contribution in [-0.4, -0.2) is 39.7 Å². The van der Waals surface area contributed by atoms with Crippen molar-refractivity contribution in [2.45, 2.75) is 25.4 Å². The number of hydrogen-bond donors (Lipinski definition) is 1. The van der Waals surface area contributed by atoms with Gasteiger partial charge in [0.25, 0.3) is 5.91 Å². The van der Waals surface area contributed by atoms with Crippen molar-refractivity contribution in [3.05, 3.63) is 83.9 Å². The van der Waals surface area contributed by atoms with Crippen LogP contribution in [0.4, 0.5) is 4.39 Å². The standard InChI is InChI=1S/C22H23FN4O/c23-19-6-4-18(5-7-19)22(28)25-20-10-14-26(15-11-20)16-17-2-8-21(9-3-17)27-13-1-12-24-27/h1-9,12-13,20H,10-11,14-16H2,(H,25,28). The topological polar surface area (TPSA) is 50.2 Å². The van der Waals surface area contributed by atoms with E-state index in [1.165, 1.54) is 29.8 Å². The predicted octanol–water partition coefficient (Wildman–Crippen LogP) is 3.41. The van der Waals surface area contributed by atoms with Gasteiger partial charge in [-0.1, -0.05) is 12.1 Å². The lowest BCUT2D eigenvalue weighted by Crippen LogP contribution is -2.44. The van der Waals surface area contributed by atoms with Gasteiger partial charge in [0.1, 0.15) is 5.82 Å². The fourth-order valence-electron chi connectivity index (χ4n) is 3.54. The Morgan fingerprint density at radius 1 is 1.07 bits per heavy atom. The lowest BCUT2D eigenvalue weighted by molar-refractivity contribution is 0.0909. The van der Waals surface area contributed by atoms with Crippen molar-refractivity contribution < 1.29 is 9.18 Å². The lowest BCUT2D eigenvalue weighted by atomic mass is 10.0. The second kappa shape index (κ2) is 8.35. The van der Waals surface area contributed by atoms with Crippen molar-refractivity contribution in [1.82, 2.24) is 20.0 Å². The summed E-state index contributed by atoms with van der Waals surface area (Å²) < 4.78 is 14.8. The summed E-state index contributed by atoms with van der Waals surface area (Å²) in [7, 11) is 0. The molecule has 3 aromatic rings. The summed E-state index contributed by atoms with van der Waals surface area (Å²) in [4.78, 5) is 14.7. The number of carbonyl (C=O) groups excluding carboxylic acids is 1. The maximum absolute atomic E-state index is 13.0.